The van der Waals surface area contributed by atoms with Gasteiger partial charge >= 0.3 is 0 Å². The van der Waals surface area contributed by atoms with E-state index in [1.807, 2.05) is 0 Å². The van der Waals surface area contributed by atoms with E-state index in [0.29, 0.717) is 10.0 Å². The molecule has 3 aromatic rings. The van der Waals surface area contributed by atoms with Crippen molar-refractivity contribution in [3.63, 3.8) is 0 Å². The minimum absolute atomic E-state index is 0.256. The van der Waals surface area contributed by atoms with E-state index in [1.54, 1.807) is 24.3 Å². The van der Waals surface area contributed by atoms with Crippen molar-refractivity contribution in [2.24, 2.45) is 0 Å². The first-order valence-electron chi connectivity index (χ1n) is 7.61. The van der Waals surface area contributed by atoms with Crippen LogP contribution in [0.5, 0.6) is 0 Å². The molecule has 3 aromatic carbocycles. The highest BCUT2D eigenvalue weighted by molar-refractivity contribution is 6.31. The Hall–Kier alpha value is -2.69. The van der Waals surface area contributed by atoms with Gasteiger partial charge in [0.25, 0.3) is 11.8 Å². The van der Waals surface area contributed by atoms with Gasteiger partial charge in [-0.25, -0.2) is 9.29 Å². The van der Waals surface area contributed by atoms with Crippen LogP contribution in [0.25, 0.3) is 0 Å². The van der Waals surface area contributed by atoms with Crippen LogP contribution in [-0.2, 0) is 0 Å². The van der Waals surface area contributed by atoms with Crippen molar-refractivity contribution in [2.75, 3.05) is 4.90 Å². The molecule has 0 spiro atoms. The van der Waals surface area contributed by atoms with Gasteiger partial charge in [0.05, 0.1) is 5.69 Å². The molecule has 0 unspecified atom stereocenters. The van der Waals surface area contributed by atoms with Crippen molar-refractivity contribution in [2.45, 2.75) is 0 Å². The standard InChI is InChI=1S/C20H12Cl2FNO2/c21-15-5-1-13(2-6-15)19(25)24(18-11-9-17(23)10-12-18)20(26)14-3-7-16(22)8-4-14/h1-12H. The second kappa shape index (κ2) is 7.68. The Labute approximate surface area is 159 Å². The van der Waals surface area contributed by atoms with Crippen LogP contribution >= 0.6 is 23.2 Å². The number of anilines is 1. The molecule has 0 saturated carbocycles. The summed E-state index contributed by atoms with van der Waals surface area (Å²) in [4.78, 5) is 26.9. The molecule has 3 rings (SSSR count). The molecule has 6 heteroatoms. The first kappa shape index (κ1) is 18.1. The molecule has 130 valence electrons. The minimum Gasteiger partial charge on any atom is -0.268 e. The molecule has 0 radical (unpaired) electrons. The second-order valence-corrected chi connectivity index (χ2v) is 6.31. The number of benzene rings is 3. The lowest BCUT2D eigenvalue weighted by atomic mass is 10.1. The van der Waals surface area contributed by atoms with Crippen molar-refractivity contribution >= 4 is 40.7 Å². The summed E-state index contributed by atoms with van der Waals surface area (Å²) in [5.41, 5.74) is 0.813. The van der Waals surface area contributed by atoms with E-state index < -0.39 is 17.6 Å². The Kier molecular flexibility index (Phi) is 5.35. The molecule has 0 aliphatic rings. The van der Waals surface area contributed by atoms with Gasteiger partial charge in [0.15, 0.2) is 0 Å². The van der Waals surface area contributed by atoms with Crippen molar-refractivity contribution in [1.82, 2.24) is 0 Å². The monoisotopic (exact) mass is 387 g/mol. The van der Waals surface area contributed by atoms with E-state index >= 15 is 0 Å². The normalized spacial score (nSPS) is 10.4. The van der Waals surface area contributed by atoms with Crippen LogP contribution < -0.4 is 4.90 Å². The maximum absolute atomic E-state index is 13.3. The molecule has 0 aliphatic heterocycles. The molecule has 0 N–H and O–H groups in total. The van der Waals surface area contributed by atoms with Gasteiger partial charge in [-0.05, 0) is 72.8 Å². The maximum atomic E-state index is 13.3. The van der Waals surface area contributed by atoms with E-state index in [0.717, 1.165) is 4.90 Å². The lowest BCUT2D eigenvalue weighted by Gasteiger charge is -2.21. The minimum atomic E-state index is -0.548. The Bertz CT molecular complexity index is 882. The molecule has 0 saturated heterocycles. The number of carbonyl (C=O) groups excluding carboxylic acids is 2. The van der Waals surface area contributed by atoms with E-state index in [4.69, 9.17) is 23.2 Å². The molecule has 2 amide bonds. The fourth-order valence-corrected chi connectivity index (χ4v) is 2.61. The lowest BCUT2D eigenvalue weighted by molar-refractivity contribution is 0.0897. The van der Waals surface area contributed by atoms with Crippen LogP contribution in [0.1, 0.15) is 20.7 Å². The molecule has 26 heavy (non-hydrogen) atoms. The summed E-state index contributed by atoms with van der Waals surface area (Å²) in [5.74, 6) is -1.56. The first-order chi connectivity index (χ1) is 12.5. The number of rotatable bonds is 3. The quantitative estimate of drug-likeness (QED) is 0.546. The zero-order chi connectivity index (χ0) is 18.7. The van der Waals surface area contributed by atoms with Crippen molar-refractivity contribution in [3.8, 4) is 0 Å². The highest BCUT2D eigenvalue weighted by atomic mass is 35.5. The molecular formula is C20H12Cl2FNO2. The van der Waals surface area contributed by atoms with Gasteiger partial charge < -0.3 is 0 Å². The van der Waals surface area contributed by atoms with Gasteiger partial charge in [-0.1, -0.05) is 23.2 Å². The summed E-state index contributed by atoms with van der Waals surface area (Å²) in [6, 6.07) is 17.5. The summed E-state index contributed by atoms with van der Waals surface area (Å²) < 4.78 is 13.3. The van der Waals surface area contributed by atoms with Gasteiger partial charge in [-0.3, -0.25) is 9.59 Å². The highest BCUT2D eigenvalue weighted by Gasteiger charge is 2.26. The third-order valence-electron chi connectivity index (χ3n) is 3.67. The number of hydrogen-bond donors (Lipinski definition) is 0. The van der Waals surface area contributed by atoms with Gasteiger partial charge in [-0.15, -0.1) is 0 Å². The number of nitrogens with zero attached hydrogens (tertiary/aromatic N) is 1. The number of halogens is 3. The average Bonchev–Trinajstić information content (AvgIpc) is 2.64. The van der Waals surface area contributed by atoms with Gasteiger partial charge in [0.2, 0.25) is 0 Å². The Balaban J connectivity index is 2.05. The summed E-state index contributed by atoms with van der Waals surface area (Å²) in [7, 11) is 0. The Morgan fingerprint density at radius 1 is 0.654 bits per heavy atom. The smallest absolute Gasteiger partial charge is 0.265 e. The number of hydrogen-bond acceptors (Lipinski definition) is 2. The summed E-state index contributed by atoms with van der Waals surface area (Å²) in [6.07, 6.45) is 0. The largest absolute Gasteiger partial charge is 0.268 e. The molecule has 0 fully saturated rings. The zero-order valence-electron chi connectivity index (χ0n) is 13.3. The molecule has 0 aliphatic carbocycles. The van der Waals surface area contributed by atoms with Crippen molar-refractivity contribution in [1.29, 1.82) is 0 Å². The van der Waals surface area contributed by atoms with Crippen LogP contribution in [0.4, 0.5) is 10.1 Å². The fourth-order valence-electron chi connectivity index (χ4n) is 2.36. The molecular weight excluding hydrogens is 376 g/mol. The maximum Gasteiger partial charge on any atom is 0.265 e. The van der Waals surface area contributed by atoms with Gasteiger partial charge in [0, 0.05) is 21.2 Å². The fraction of sp³-hybridized carbons (Fsp3) is 0. The summed E-state index contributed by atoms with van der Waals surface area (Å²) in [6.45, 7) is 0. The van der Waals surface area contributed by atoms with Crippen molar-refractivity contribution in [3.05, 3.63) is 99.8 Å². The number of imide groups is 1. The van der Waals surface area contributed by atoms with Gasteiger partial charge in [-0.2, -0.15) is 0 Å². The number of amides is 2. The third kappa shape index (κ3) is 3.93. The van der Waals surface area contributed by atoms with E-state index in [1.165, 1.54) is 48.5 Å². The van der Waals surface area contributed by atoms with Crippen LogP contribution in [0.3, 0.4) is 0 Å². The molecule has 0 heterocycles. The summed E-state index contributed by atoms with van der Waals surface area (Å²) >= 11 is 11.7. The van der Waals surface area contributed by atoms with E-state index in [9.17, 15) is 14.0 Å². The molecule has 0 bridgehead atoms. The SMILES string of the molecule is O=C(c1ccc(Cl)cc1)N(C(=O)c1ccc(Cl)cc1)c1ccc(F)cc1. The first-order valence-corrected chi connectivity index (χ1v) is 8.37. The molecule has 0 atom stereocenters. The highest BCUT2D eigenvalue weighted by Crippen LogP contribution is 2.22. The van der Waals surface area contributed by atoms with Crippen LogP contribution in [0.15, 0.2) is 72.8 Å². The number of carbonyl (C=O) groups is 2. The van der Waals surface area contributed by atoms with Crippen LogP contribution in [0.2, 0.25) is 10.0 Å². The summed E-state index contributed by atoms with van der Waals surface area (Å²) in [5, 5.41) is 0.942. The van der Waals surface area contributed by atoms with E-state index in [-0.39, 0.29) is 16.8 Å². The second-order valence-electron chi connectivity index (χ2n) is 5.44. The van der Waals surface area contributed by atoms with Gasteiger partial charge in [0.1, 0.15) is 5.82 Å². The topological polar surface area (TPSA) is 37.4 Å². The Morgan fingerprint density at radius 3 is 1.42 bits per heavy atom. The van der Waals surface area contributed by atoms with Crippen LogP contribution in [0, 0.1) is 5.82 Å². The molecule has 0 aromatic heterocycles. The van der Waals surface area contributed by atoms with Crippen molar-refractivity contribution < 1.29 is 14.0 Å². The Morgan fingerprint density at radius 2 is 1.04 bits per heavy atom. The van der Waals surface area contributed by atoms with E-state index in [2.05, 4.69) is 0 Å². The predicted molar refractivity (Wildman–Crippen MR) is 100 cm³/mol. The van der Waals surface area contributed by atoms with Crippen LogP contribution in [-0.4, -0.2) is 11.8 Å². The average molecular weight is 388 g/mol. The molecule has 3 nitrogen and oxygen atoms in total. The lowest BCUT2D eigenvalue weighted by Crippen LogP contribution is -2.37. The zero-order valence-corrected chi connectivity index (χ0v) is 14.8. The predicted octanol–water partition coefficient (Wildman–Crippen LogP) is 5.62. The third-order valence-corrected chi connectivity index (χ3v) is 4.18.